The highest BCUT2D eigenvalue weighted by Crippen LogP contribution is 2.30. The van der Waals surface area contributed by atoms with Gasteiger partial charge in [0.1, 0.15) is 5.82 Å². The highest BCUT2D eigenvalue weighted by atomic mass is 19.4. The van der Waals surface area contributed by atoms with E-state index in [0.29, 0.717) is 29.8 Å². The van der Waals surface area contributed by atoms with E-state index in [1.165, 1.54) is 19.4 Å². The van der Waals surface area contributed by atoms with Crippen LogP contribution in [0.2, 0.25) is 6.32 Å². The third kappa shape index (κ3) is 3.49. The molecule has 7 heteroatoms. The first-order chi connectivity index (χ1) is 9.50. The lowest BCUT2D eigenvalue weighted by molar-refractivity contribution is -0.137. The molecular weight excluding hydrogens is 268 g/mol. The van der Waals surface area contributed by atoms with Crippen molar-refractivity contribution in [2.75, 3.05) is 0 Å². The number of aromatic amines is 1. The quantitative estimate of drug-likeness (QED) is 0.519. The second-order valence-electron chi connectivity index (χ2n) is 4.23. The van der Waals surface area contributed by atoms with Gasteiger partial charge in [0.15, 0.2) is 7.28 Å². The van der Waals surface area contributed by atoms with Gasteiger partial charge in [0, 0.05) is 0 Å². The maximum Gasteiger partial charge on any atom is 0.416 e. The molecule has 0 atom stereocenters. The highest BCUT2D eigenvalue weighted by Gasteiger charge is 2.29. The fourth-order valence-electron chi connectivity index (χ4n) is 1.76. The van der Waals surface area contributed by atoms with Crippen LogP contribution in [0, 0.1) is 0 Å². The van der Waals surface area contributed by atoms with Crippen LogP contribution in [0.25, 0.3) is 11.3 Å². The molecule has 0 spiro atoms. The van der Waals surface area contributed by atoms with Crippen LogP contribution in [-0.4, -0.2) is 23.4 Å². The molecule has 1 heterocycles. The van der Waals surface area contributed by atoms with Gasteiger partial charge in [0.25, 0.3) is 0 Å². The van der Waals surface area contributed by atoms with Crippen molar-refractivity contribution in [2.24, 2.45) is 0 Å². The van der Waals surface area contributed by atoms with E-state index in [4.69, 9.17) is 0 Å². The Bertz CT molecular complexity index is 578. The zero-order chi connectivity index (χ0) is 14.6. The Balaban J connectivity index is 2.10. The van der Waals surface area contributed by atoms with E-state index in [0.717, 1.165) is 18.3 Å². The highest BCUT2D eigenvalue weighted by molar-refractivity contribution is 6.66. The number of H-pyrrole nitrogens is 1. The van der Waals surface area contributed by atoms with Gasteiger partial charge in [-0.25, -0.2) is 4.98 Å². The smallest absolute Gasteiger partial charge is 0.342 e. The van der Waals surface area contributed by atoms with Gasteiger partial charge >= 0.3 is 6.18 Å². The zero-order valence-corrected chi connectivity index (χ0v) is 10.4. The van der Waals surface area contributed by atoms with Crippen LogP contribution in [0.5, 0.6) is 0 Å². The third-order valence-corrected chi connectivity index (χ3v) is 2.80. The molecule has 0 saturated heterocycles. The van der Waals surface area contributed by atoms with Gasteiger partial charge in [-0.2, -0.15) is 13.2 Å². The number of rotatable bonds is 5. The van der Waals surface area contributed by atoms with Crippen molar-refractivity contribution >= 4 is 13.5 Å². The Hall–Kier alpha value is -2.05. The molecule has 0 bridgehead atoms. The number of nitrogens with one attached hydrogen (secondary N) is 1. The number of benzene rings is 1. The number of hydrogen-bond donors (Lipinski definition) is 1. The number of halogens is 3. The van der Waals surface area contributed by atoms with Crippen LogP contribution >= 0.6 is 0 Å². The van der Waals surface area contributed by atoms with Crippen molar-refractivity contribution in [3.8, 4) is 11.3 Å². The molecular formula is C13H11BF3N2O. The summed E-state index contributed by atoms with van der Waals surface area (Å²) >= 11 is 0. The summed E-state index contributed by atoms with van der Waals surface area (Å²) < 4.78 is 37.3. The van der Waals surface area contributed by atoms with E-state index in [9.17, 15) is 18.0 Å². The molecule has 0 aliphatic carbocycles. The number of imidazole rings is 1. The summed E-state index contributed by atoms with van der Waals surface area (Å²) in [5, 5.41) is 0. The Morgan fingerprint density at radius 2 is 1.95 bits per heavy atom. The molecule has 0 amide bonds. The first-order valence-corrected chi connectivity index (χ1v) is 5.99. The van der Waals surface area contributed by atoms with Gasteiger partial charge in [-0.05, 0) is 24.1 Å². The summed E-state index contributed by atoms with van der Waals surface area (Å²) in [6, 6.07) is 4.88. The third-order valence-electron chi connectivity index (χ3n) is 2.80. The van der Waals surface area contributed by atoms with Crippen LogP contribution in [0.15, 0.2) is 30.5 Å². The number of carbonyl (C=O) groups excluding carboxylic acids is 1. The number of nitrogens with zero attached hydrogens (tertiary/aromatic N) is 1. The van der Waals surface area contributed by atoms with E-state index in [1.54, 1.807) is 6.20 Å². The Labute approximate surface area is 114 Å². The Morgan fingerprint density at radius 1 is 1.25 bits per heavy atom. The summed E-state index contributed by atoms with van der Waals surface area (Å²) in [7, 11) is 1.49. The van der Waals surface area contributed by atoms with Crippen molar-refractivity contribution < 1.29 is 18.0 Å². The van der Waals surface area contributed by atoms with Gasteiger partial charge in [-0.1, -0.05) is 18.5 Å². The van der Waals surface area contributed by atoms with Crippen molar-refractivity contribution in [3.63, 3.8) is 0 Å². The van der Waals surface area contributed by atoms with Crippen LogP contribution in [0.1, 0.15) is 11.4 Å². The molecule has 2 aromatic rings. The molecule has 3 nitrogen and oxygen atoms in total. The van der Waals surface area contributed by atoms with E-state index >= 15 is 0 Å². The Kier molecular flexibility index (Phi) is 4.27. The van der Waals surface area contributed by atoms with Gasteiger partial charge in [0.05, 0.1) is 23.6 Å². The predicted octanol–water partition coefficient (Wildman–Crippen LogP) is 2.95. The van der Waals surface area contributed by atoms with Gasteiger partial charge in [-0.15, -0.1) is 0 Å². The van der Waals surface area contributed by atoms with Crippen molar-refractivity contribution in [2.45, 2.75) is 18.9 Å². The number of hydrogen-bond acceptors (Lipinski definition) is 2. The number of alkyl halides is 3. The standard InChI is InChI=1S/C13H11BF3N2O/c15-13(16,17)10-3-1-9(2-4-10)11-7-18-12(19-11)5-6-14-8-20/h1-4,7-8H,5-6H2,(H,18,19). The maximum absolute atomic E-state index is 12.4. The fourth-order valence-corrected chi connectivity index (χ4v) is 1.76. The topological polar surface area (TPSA) is 45.8 Å². The first-order valence-electron chi connectivity index (χ1n) is 5.99. The van der Waals surface area contributed by atoms with Crippen LogP contribution in [-0.2, 0) is 17.4 Å². The fraction of sp³-hybridized carbons (Fsp3) is 0.231. The minimum Gasteiger partial charge on any atom is -0.342 e. The SMILES string of the molecule is O=C[B]CCc1ncc(-c2ccc(C(F)(F)F)cc2)[nH]1. The molecule has 0 fully saturated rings. The van der Waals surface area contributed by atoms with Gasteiger partial charge < -0.3 is 9.78 Å². The van der Waals surface area contributed by atoms with Crippen molar-refractivity contribution in [3.05, 3.63) is 41.9 Å². The zero-order valence-electron chi connectivity index (χ0n) is 10.4. The summed E-state index contributed by atoms with van der Waals surface area (Å²) in [6.07, 6.45) is -0.885. The average Bonchev–Trinajstić information content (AvgIpc) is 2.87. The average molecular weight is 279 g/mol. The number of carbonyl (C=O) groups is 1. The van der Waals surface area contributed by atoms with E-state index in [1.807, 2.05) is 0 Å². The molecule has 1 aromatic carbocycles. The molecule has 0 aliphatic rings. The summed E-state index contributed by atoms with van der Waals surface area (Å²) in [6.45, 7) is 0. The molecule has 0 saturated carbocycles. The maximum atomic E-state index is 12.4. The second kappa shape index (κ2) is 5.94. The van der Waals surface area contributed by atoms with Crippen LogP contribution in [0.3, 0.4) is 0 Å². The molecule has 1 radical (unpaired) electrons. The van der Waals surface area contributed by atoms with Crippen molar-refractivity contribution in [1.82, 2.24) is 9.97 Å². The largest absolute Gasteiger partial charge is 0.416 e. The summed E-state index contributed by atoms with van der Waals surface area (Å²) in [5.74, 6) is 0.693. The van der Waals surface area contributed by atoms with Crippen molar-refractivity contribution in [1.29, 1.82) is 0 Å². The normalized spacial score (nSPS) is 11.3. The lowest BCUT2D eigenvalue weighted by Gasteiger charge is -2.06. The molecule has 0 unspecified atom stereocenters. The van der Waals surface area contributed by atoms with E-state index in [-0.39, 0.29) is 0 Å². The first kappa shape index (κ1) is 14.4. The number of aryl methyl sites for hydroxylation is 1. The minimum absolute atomic E-state index is 0.573. The van der Waals surface area contributed by atoms with Crippen LogP contribution in [0.4, 0.5) is 13.2 Å². The molecule has 0 aliphatic heterocycles. The number of aromatic nitrogens is 2. The van der Waals surface area contributed by atoms with Gasteiger partial charge in [-0.3, -0.25) is 0 Å². The van der Waals surface area contributed by atoms with E-state index < -0.39 is 11.7 Å². The van der Waals surface area contributed by atoms with E-state index in [2.05, 4.69) is 9.97 Å². The summed E-state index contributed by atoms with van der Waals surface area (Å²) in [5.41, 5.74) is 0.609. The minimum atomic E-state index is -4.33. The second-order valence-corrected chi connectivity index (χ2v) is 4.23. The lowest BCUT2D eigenvalue weighted by Crippen LogP contribution is -2.04. The molecule has 1 aromatic heterocycles. The Morgan fingerprint density at radius 3 is 2.55 bits per heavy atom. The molecule has 1 N–H and O–H groups in total. The molecule has 2 rings (SSSR count). The summed E-state index contributed by atoms with van der Waals surface area (Å²) in [4.78, 5) is 17.3. The molecule has 20 heavy (non-hydrogen) atoms. The lowest BCUT2D eigenvalue weighted by atomic mass is 9.76. The predicted molar refractivity (Wildman–Crippen MR) is 70.0 cm³/mol. The molecule has 103 valence electrons. The van der Waals surface area contributed by atoms with Gasteiger partial charge in [0.2, 0.25) is 0 Å². The van der Waals surface area contributed by atoms with Crippen LogP contribution < -0.4 is 0 Å². The monoisotopic (exact) mass is 279 g/mol.